The van der Waals surface area contributed by atoms with Gasteiger partial charge in [0.15, 0.2) is 0 Å². The van der Waals surface area contributed by atoms with Crippen LogP contribution in [0.15, 0.2) is 133 Å². The van der Waals surface area contributed by atoms with Crippen molar-refractivity contribution >= 4 is 44.6 Å². The van der Waals surface area contributed by atoms with Crippen LogP contribution in [0.4, 0.5) is 17.1 Å². The number of sulfonamides is 1. The van der Waals surface area contributed by atoms with Gasteiger partial charge in [-0.1, -0.05) is 71.4 Å². The van der Waals surface area contributed by atoms with Crippen LogP contribution >= 0.6 is 11.6 Å². The Bertz CT molecular complexity index is 2430. The molecule has 16 heteroatoms. The number of hydrogen-bond donors (Lipinski definition) is 2. The highest BCUT2D eigenvalue weighted by atomic mass is 35.5. The molecule has 7 rings (SSSR count). The summed E-state index contributed by atoms with van der Waals surface area (Å²) in [7, 11) is -4.55. The van der Waals surface area contributed by atoms with Gasteiger partial charge in [0.25, 0.3) is 21.6 Å². The number of rotatable bonds is 14. The van der Waals surface area contributed by atoms with Gasteiger partial charge < -0.3 is 15.0 Å². The number of para-hydroxylation sites is 1. The summed E-state index contributed by atoms with van der Waals surface area (Å²) in [6, 6.07) is 33.4. The minimum Gasteiger partial charge on any atom is -0.456 e. The number of benzene rings is 5. The van der Waals surface area contributed by atoms with Gasteiger partial charge in [0.1, 0.15) is 17.2 Å². The predicted molar refractivity (Wildman–Crippen MR) is 214 cm³/mol. The molecule has 1 aliphatic rings. The van der Waals surface area contributed by atoms with Crippen molar-refractivity contribution in [3.63, 3.8) is 0 Å². The van der Waals surface area contributed by atoms with Gasteiger partial charge in [-0.2, -0.15) is 0 Å². The lowest BCUT2D eigenvalue weighted by atomic mass is 9.99. The molecule has 1 amide bonds. The lowest BCUT2D eigenvalue weighted by molar-refractivity contribution is -0.384. The number of nitrogens with zero attached hydrogens (tertiary/aromatic N) is 6. The number of anilines is 2. The van der Waals surface area contributed by atoms with Crippen LogP contribution in [0.3, 0.4) is 0 Å². The van der Waals surface area contributed by atoms with Crippen LogP contribution in [0.2, 0.25) is 5.02 Å². The van der Waals surface area contributed by atoms with Crippen molar-refractivity contribution in [3.05, 3.63) is 154 Å². The van der Waals surface area contributed by atoms with E-state index in [4.69, 9.17) is 16.3 Å². The quantitative estimate of drug-likeness (QED) is 0.0876. The van der Waals surface area contributed by atoms with Crippen LogP contribution < -0.4 is 19.7 Å². The highest BCUT2D eigenvalue weighted by Crippen LogP contribution is 2.33. The first-order chi connectivity index (χ1) is 27.1. The number of nitro benzene ring substituents is 1. The minimum absolute atomic E-state index is 0.0323. The van der Waals surface area contributed by atoms with Gasteiger partial charge in [-0.3, -0.25) is 24.5 Å². The number of nitro groups is 1. The Hall–Kier alpha value is -6.29. The van der Waals surface area contributed by atoms with Gasteiger partial charge in [0, 0.05) is 68.3 Å². The zero-order valence-electron chi connectivity index (χ0n) is 30.0. The standard InChI is InChI=1S/C40H37ClN8O6S/c41-31-11-14-35(29-7-3-1-4-8-29)30(25-31)28-46-21-23-47(24-22-46)32-12-15-36(39(26-32)55-33-9-5-2-6-10-33)40(50)44-56(53,54)34-13-16-37(38(27-34)49(51)52)42-17-19-48-20-18-43-45-48/h1-16,18,20,25-27,42H,17,19,21-24,28H2,(H,44,50). The van der Waals surface area contributed by atoms with E-state index >= 15 is 0 Å². The Labute approximate surface area is 328 Å². The third-order valence-corrected chi connectivity index (χ3v) is 10.9. The summed E-state index contributed by atoms with van der Waals surface area (Å²) in [6.07, 6.45) is 3.15. The molecule has 0 atom stereocenters. The summed E-state index contributed by atoms with van der Waals surface area (Å²) >= 11 is 6.42. The molecule has 5 aromatic carbocycles. The largest absolute Gasteiger partial charge is 0.456 e. The predicted octanol–water partition coefficient (Wildman–Crippen LogP) is 6.85. The van der Waals surface area contributed by atoms with E-state index < -0.39 is 31.4 Å². The molecule has 56 heavy (non-hydrogen) atoms. The van der Waals surface area contributed by atoms with Crippen molar-refractivity contribution in [1.29, 1.82) is 0 Å². The molecule has 0 radical (unpaired) electrons. The molecule has 1 saturated heterocycles. The van der Waals surface area contributed by atoms with Crippen molar-refractivity contribution in [3.8, 4) is 22.6 Å². The summed E-state index contributed by atoms with van der Waals surface area (Å²) in [5.74, 6) is -0.362. The monoisotopic (exact) mass is 792 g/mol. The first-order valence-electron chi connectivity index (χ1n) is 17.7. The Morgan fingerprint density at radius 3 is 2.36 bits per heavy atom. The normalized spacial score (nSPS) is 13.3. The molecular formula is C40H37ClN8O6S. The first kappa shape index (κ1) is 38.0. The van der Waals surface area contributed by atoms with Gasteiger partial charge in [-0.15, -0.1) is 5.10 Å². The second-order valence-electron chi connectivity index (χ2n) is 13.0. The SMILES string of the molecule is O=C(NS(=O)(=O)c1ccc(NCCn2ccnn2)c([N+](=O)[O-])c1)c1ccc(N2CCN(Cc3cc(Cl)ccc3-c3ccccc3)CC2)cc1Oc1ccccc1. The molecule has 1 aliphatic heterocycles. The Kier molecular flexibility index (Phi) is 11.6. The molecule has 286 valence electrons. The van der Waals surface area contributed by atoms with E-state index in [2.05, 4.69) is 48.3 Å². The number of carbonyl (C=O) groups is 1. The molecule has 14 nitrogen and oxygen atoms in total. The van der Waals surface area contributed by atoms with Crippen molar-refractivity contribution in [2.75, 3.05) is 42.9 Å². The Balaban J connectivity index is 1.07. The molecule has 1 fully saturated rings. The smallest absolute Gasteiger partial charge is 0.293 e. The molecule has 0 saturated carbocycles. The zero-order chi connectivity index (χ0) is 39.1. The van der Waals surface area contributed by atoms with Gasteiger partial charge >= 0.3 is 0 Å². The van der Waals surface area contributed by atoms with E-state index in [0.717, 1.165) is 48.1 Å². The van der Waals surface area contributed by atoms with Crippen LogP contribution in [0, 0.1) is 10.1 Å². The molecule has 2 heterocycles. The Morgan fingerprint density at radius 1 is 0.893 bits per heavy atom. The number of nitrogens with one attached hydrogen (secondary N) is 2. The van der Waals surface area contributed by atoms with Crippen molar-refractivity contribution in [1.82, 2.24) is 24.6 Å². The fourth-order valence-corrected chi connectivity index (χ4v) is 7.65. The molecule has 2 N–H and O–H groups in total. The van der Waals surface area contributed by atoms with E-state index in [1.54, 1.807) is 47.3 Å². The van der Waals surface area contributed by atoms with Crippen molar-refractivity contribution in [2.45, 2.75) is 18.0 Å². The van der Waals surface area contributed by atoms with E-state index in [1.807, 2.05) is 36.4 Å². The summed E-state index contributed by atoms with van der Waals surface area (Å²) in [4.78, 5) is 29.0. The number of hydrogen-bond acceptors (Lipinski definition) is 11. The number of piperazine rings is 1. The van der Waals surface area contributed by atoms with Crippen molar-refractivity contribution in [2.24, 2.45) is 0 Å². The number of carbonyl (C=O) groups excluding carboxylic acids is 1. The van der Waals surface area contributed by atoms with E-state index in [-0.39, 0.29) is 23.5 Å². The lowest BCUT2D eigenvalue weighted by Gasteiger charge is -2.36. The fourth-order valence-electron chi connectivity index (χ4n) is 6.46. The van der Waals surface area contributed by atoms with Crippen LogP contribution in [0.1, 0.15) is 15.9 Å². The maximum absolute atomic E-state index is 13.7. The van der Waals surface area contributed by atoms with Gasteiger partial charge in [0.05, 0.1) is 28.1 Å². The average Bonchev–Trinajstić information content (AvgIpc) is 3.72. The van der Waals surface area contributed by atoms with Gasteiger partial charge in [-0.25, -0.2) is 13.1 Å². The van der Waals surface area contributed by atoms with Crippen LogP contribution in [-0.2, 0) is 23.1 Å². The molecule has 6 aromatic rings. The molecule has 0 bridgehead atoms. The van der Waals surface area contributed by atoms with E-state index in [1.165, 1.54) is 24.4 Å². The van der Waals surface area contributed by atoms with E-state index in [0.29, 0.717) is 30.4 Å². The van der Waals surface area contributed by atoms with Crippen LogP contribution in [0.25, 0.3) is 11.1 Å². The maximum atomic E-state index is 13.7. The highest BCUT2D eigenvalue weighted by Gasteiger charge is 2.27. The zero-order valence-corrected chi connectivity index (χ0v) is 31.6. The summed E-state index contributed by atoms with van der Waals surface area (Å²) < 4.78 is 36.7. The highest BCUT2D eigenvalue weighted by molar-refractivity contribution is 7.90. The van der Waals surface area contributed by atoms with E-state index in [9.17, 15) is 23.3 Å². The Morgan fingerprint density at radius 2 is 1.64 bits per heavy atom. The first-order valence-corrected chi connectivity index (χ1v) is 19.6. The van der Waals surface area contributed by atoms with Crippen molar-refractivity contribution < 1.29 is 22.9 Å². The number of amides is 1. The molecule has 1 aromatic heterocycles. The summed E-state index contributed by atoms with van der Waals surface area (Å²) in [6.45, 7) is 4.26. The number of halogens is 1. The molecule has 0 spiro atoms. The van der Waals surface area contributed by atoms with Crippen LogP contribution in [0.5, 0.6) is 11.5 Å². The third-order valence-electron chi connectivity index (χ3n) is 9.30. The fraction of sp³-hybridized carbons (Fsp3) is 0.175. The molecular weight excluding hydrogens is 756 g/mol. The second-order valence-corrected chi connectivity index (χ2v) is 15.1. The average molecular weight is 793 g/mol. The molecule has 0 unspecified atom stereocenters. The maximum Gasteiger partial charge on any atom is 0.293 e. The van der Waals surface area contributed by atoms with Crippen LogP contribution in [-0.4, -0.2) is 71.9 Å². The molecule has 0 aliphatic carbocycles. The summed E-state index contributed by atoms with van der Waals surface area (Å²) in [5, 5.41) is 23.1. The third kappa shape index (κ3) is 9.14. The van der Waals surface area contributed by atoms with Gasteiger partial charge in [-0.05, 0) is 65.2 Å². The number of aromatic nitrogens is 3. The number of ether oxygens (including phenoxy) is 1. The lowest BCUT2D eigenvalue weighted by Crippen LogP contribution is -2.46. The summed E-state index contributed by atoms with van der Waals surface area (Å²) in [5.41, 5.74) is 3.81. The second kappa shape index (κ2) is 17.0. The van der Waals surface area contributed by atoms with Gasteiger partial charge in [0.2, 0.25) is 0 Å². The topological polar surface area (TPSA) is 165 Å². The minimum atomic E-state index is -4.55.